The molecule has 0 amide bonds. The van der Waals surface area contributed by atoms with E-state index in [1.165, 1.54) is 11.8 Å². The Morgan fingerprint density at radius 3 is 3.13 bits per heavy atom. The van der Waals surface area contributed by atoms with Crippen LogP contribution in [-0.2, 0) is 0 Å². The first-order valence-electron chi connectivity index (χ1n) is 4.72. The summed E-state index contributed by atoms with van der Waals surface area (Å²) in [6.45, 7) is 0.749. The van der Waals surface area contributed by atoms with Gasteiger partial charge in [-0.1, -0.05) is 30.0 Å². The summed E-state index contributed by atoms with van der Waals surface area (Å²) >= 11 is 1.49. The van der Waals surface area contributed by atoms with E-state index in [4.69, 9.17) is 5.41 Å². The lowest BCUT2D eigenvalue weighted by molar-refractivity contribution is 0.674. The van der Waals surface area contributed by atoms with E-state index in [2.05, 4.69) is 11.1 Å². The molecule has 0 aliphatic carbocycles. The maximum absolute atomic E-state index is 7.92. The van der Waals surface area contributed by atoms with Crippen LogP contribution >= 0.6 is 11.8 Å². The summed E-state index contributed by atoms with van der Waals surface area (Å²) in [4.78, 5) is 7.39. The van der Waals surface area contributed by atoms with Crippen LogP contribution in [0.3, 0.4) is 0 Å². The fraction of sp³-hybridized carbons (Fsp3) is 0.0909. The molecule has 2 heterocycles. The number of hydrogen-bond acceptors (Lipinski definition) is 3. The molecule has 0 bridgehead atoms. The van der Waals surface area contributed by atoms with Crippen molar-refractivity contribution in [2.45, 2.75) is 4.90 Å². The summed E-state index contributed by atoms with van der Waals surface area (Å²) in [5, 5.41) is 8.47. The first kappa shape index (κ1) is 8.73. The Kier molecular flexibility index (Phi) is 1.89. The number of thioether (sulfide) groups is 1. The van der Waals surface area contributed by atoms with E-state index >= 15 is 0 Å². The van der Waals surface area contributed by atoms with Crippen molar-refractivity contribution in [1.82, 2.24) is 4.90 Å². The minimum absolute atomic E-state index is 0.553. The maximum Gasteiger partial charge on any atom is 0.167 e. The number of nitrogens with one attached hydrogen (secondary N) is 1. The van der Waals surface area contributed by atoms with Crippen molar-refractivity contribution < 1.29 is 0 Å². The van der Waals surface area contributed by atoms with E-state index in [-0.39, 0.29) is 0 Å². The molecule has 15 heavy (non-hydrogen) atoms. The first-order chi connectivity index (χ1) is 7.36. The molecule has 1 aromatic rings. The van der Waals surface area contributed by atoms with Gasteiger partial charge in [0.1, 0.15) is 5.84 Å². The van der Waals surface area contributed by atoms with E-state index in [1.807, 2.05) is 35.4 Å². The van der Waals surface area contributed by atoms with Gasteiger partial charge in [-0.2, -0.15) is 0 Å². The molecular formula is C11H9N3S. The number of benzene rings is 1. The predicted molar refractivity (Wildman–Crippen MR) is 62.4 cm³/mol. The Morgan fingerprint density at radius 1 is 1.33 bits per heavy atom. The summed E-state index contributed by atoms with van der Waals surface area (Å²) in [6, 6.07) is 8.09. The average Bonchev–Trinajstić information content (AvgIpc) is 2.30. The second-order valence-corrected chi connectivity index (χ2v) is 4.38. The van der Waals surface area contributed by atoms with Crippen LogP contribution in [0.5, 0.6) is 0 Å². The van der Waals surface area contributed by atoms with Crippen LogP contribution in [0.1, 0.15) is 5.56 Å². The number of fused-ring (bicyclic) bond motifs is 3. The van der Waals surface area contributed by atoms with Crippen LogP contribution in [0.15, 0.2) is 46.4 Å². The van der Waals surface area contributed by atoms with Gasteiger partial charge in [-0.15, -0.1) is 0 Å². The minimum atomic E-state index is 0.553. The highest BCUT2D eigenvalue weighted by atomic mass is 32.2. The zero-order valence-corrected chi connectivity index (χ0v) is 8.79. The van der Waals surface area contributed by atoms with Crippen molar-refractivity contribution in [2.24, 2.45) is 4.99 Å². The second-order valence-electron chi connectivity index (χ2n) is 3.35. The Labute approximate surface area is 92.0 Å². The molecule has 0 aromatic heterocycles. The number of nitrogens with zero attached hydrogens (tertiary/aromatic N) is 2. The Bertz CT molecular complexity index is 490. The molecule has 0 spiro atoms. The standard InChI is InChI=1S/C11H9N3S/c12-11-14-7-3-6-13-10(14)8-4-1-2-5-9(8)15-11/h1-6,12H,7H2. The van der Waals surface area contributed by atoms with E-state index in [0.29, 0.717) is 5.17 Å². The number of rotatable bonds is 0. The van der Waals surface area contributed by atoms with Crippen LogP contribution in [0.2, 0.25) is 0 Å². The Hall–Kier alpha value is -1.55. The summed E-state index contributed by atoms with van der Waals surface area (Å²) in [5.74, 6) is 0.900. The summed E-state index contributed by atoms with van der Waals surface area (Å²) < 4.78 is 0. The van der Waals surface area contributed by atoms with E-state index in [1.54, 1.807) is 0 Å². The van der Waals surface area contributed by atoms with Gasteiger partial charge in [0.05, 0.1) is 0 Å². The number of amidine groups is 2. The fourth-order valence-electron chi connectivity index (χ4n) is 1.73. The van der Waals surface area contributed by atoms with Gasteiger partial charge in [0.25, 0.3) is 0 Å². The quantitative estimate of drug-likeness (QED) is 0.721. The highest BCUT2D eigenvalue weighted by Crippen LogP contribution is 2.32. The highest BCUT2D eigenvalue weighted by molar-refractivity contribution is 8.14. The largest absolute Gasteiger partial charge is 0.301 e. The lowest BCUT2D eigenvalue weighted by Gasteiger charge is -2.31. The van der Waals surface area contributed by atoms with Crippen LogP contribution in [0.25, 0.3) is 0 Å². The van der Waals surface area contributed by atoms with Crippen molar-refractivity contribution in [3.05, 3.63) is 42.1 Å². The molecule has 3 nitrogen and oxygen atoms in total. The third-order valence-corrected chi connectivity index (χ3v) is 3.42. The fourth-order valence-corrected chi connectivity index (χ4v) is 2.62. The maximum atomic E-state index is 7.92. The third kappa shape index (κ3) is 1.29. The van der Waals surface area contributed by atoms with Gasteiger partial charge in [-0.05, 0) is 12.1 Å². The van der Waals surface area contributed by atoms with E-state index in [0.717, 1.165) is 22.8 Å². The van der Waals surface area contributed by atoms with Gasteiger partial charge in [-0.25, -0.2) is 4.99 Å². The lowest BCUT2D eigenvalue weighted by atomic mass is 10.1. The topological polar surface area (TPSA) is 39.5 Å². The molecule has 1 N–H and O–H groups in total. The molecular weight excluding hydrogens is 206 g/mol. The van der Waals surface area contributed by atoms with Crippen LogP contribution in [0, 0.1) is 5.41 Å². The van der Waals surface area contributed by atoms with Crippen molar-refractivity contribution in [3.63, 3.8) is 0 Å². The zero-order chi connectivity index (χ0) is 10.3. The van der Waals surface area contributed by atoms with Crippen molar-refractivity contribution in [2.75, 3.05) is 6.54 Å². The van der Waals surface area contributed by atoms with Gasteiger partial charge in [-0.3, -0.25) is 5.41 Å². The molecule has 0 radical (unpaired) electrons. The molecule has 2 aliphatic heterocycles. The summed E-state index contributed by atoms with van der Waals surface area (Å²) in [6.07, 6.45) is 3.78. The van der Waals surface area contributed by atoms with E-state index < -0.39 is 0 Å². The van der Waals surface area contributed by atoms with E-state index in [9.17, 15) is 0 Å². The van der Waals surface area contributed by atoms with Crippen LogP contribution in [-0.4, -0.2) is 22.4 Å². The first-order valence-corrected chi connectivity index (χ1v) is 5.54. The second kappa shape index (κ2) is 3.24. The normalized spacial score (nSPS) is 18.3. The third-order valence-electron chi connectivity index (χ3n) is 2.43. The zero-order valence-electron chi connectivity index (χ0n) is 7.97. The van der Waals surface area contributed by atoms with Gasteiger partial charge >= 0.3 is 0 Å². The summed E-state index contributed by atoms with van der Waals surface area (Å²) in [7, 11) is 0. The minimum Gasteiger partial charge on any atom is -0.301 e. The van der Waals surface area contributed by atoms with Crippen LogP contribution < -0.4 is 0 Å². The summed E-state index contributed by atoms with van der Waals surface area (Å²) in [5.41, 5.74) is 1.13. The SMILES string of the molecule is N=C1Sc2ccccc2C2=NC=CCN12. The van der Waals surface area contributed by atoms with Crippen molar-refractivity contribution in [1.29, 1.82) is 5.41 Å². The molecule has 4 heteroatoms. The van der Waals surface area contributed by atoms with Gasteiger partial charge in [0.15, 0.2) is 5.17 Å². The molecule has 1 aromatic carbocycles. The smallest absolute Gasteiger partial charge is 0.167 e. The Morgan fingerprint density at radius 2 is 2.20 bits per heavy atom. The van der Waals surface area contributed by atoms with Crippen LogP contribution in [0.4, 0.5) is 0 Å². The molecule has 0 atom stereocenters. The van der Waals surface area contributed by atoms with Gasteiger partial charge in [0.2, 0.25) is 0 Å². The molecule has 3 rings (SSSR count). The molecule has 0 fully saturated rings. The highest BCUT2D eigenvalue weighted by Gasteiger charge is 2.27. The number of hydrogen-bond donors (Lipinski definition) is 1. The molecule has 0 saturated heterocycles. The average molecular weight is 215 g/mol. The molecule has 0 saturated carbocycles. The predicted octanol–water partition coefficient (Wildman–Crippen LogP) is 2.30. The lowest BCUT2D eigenvalue weighted by Crippen LogP contribution is -2.39. The van der Waals surface area contributed by atoms with Crippen molar-refractivity contribution in [3.8, 4) is 0 Å². The monoisotopic (exact) mass is 215 g/mol. The Balaban J connectivity index is 2.21. The molecule has 0 unspecified atom stereocenters. The van der Waals surface area contributed by atoms with Gasteiger partial charge < -0.3 is 4.90 Å². The molecule has 2 aliphatic rings. The number of aliphatic imine (C=N–C) groups is 1. The van der Waals surface area contributed by atoms with Crippen molar-refractivity contribution >= 4 is 22.8 Å². The van der Waals surface area contributed by atoms with Gasteiger partial charge in [0, 0.05) is 23.2 Å². The molecule has 74 valence electrons.